The Bertz CT molecular complexity index is 238. The average Bonchev–Trinajstić information content (AvgIpc) is 2.45. The van der Waals surface area contributed by atoms with Crippen LogP contribution < -0.4 is 0 Å². The van der Waals surface area contributed by atoms with Gasteiger partial charge in [-0.3, -0.25) is 0 Å². The van der Waals surface area contributed by atoms with Crippen LogP contribution in [0.1, 0.15) is 112 Å². The highest BCUT2D eigenvalue weighted by Crippen LogP contribution is 2.19. The van der Waals surface area contributed by atoms with Gasteiger partial charge >= 0.3 is 0 Å². The lowest BCUT2D eigenvalue weighted by atomic mass is 9.94. The molecule has 22 heavy (non-hydrogen) atoms. The first-order valence-electron chi connectivity index (χ1n) is 10.2. The predicted octanol–water partition coefficient (Wildman–Crippen LogP) is 8.17. The van der Waals surface area contributed by atoms with Crippen LogP contribution in [0.3, 0.4) is 0 Å². The van der Waals surface area contributed by atoms with Crippen molar-refractivity contribution in [2.24, 2.45) is 17.8 Å². The molecule has 0 aromatic rings. The summed E-state index contributed by atoms with van der Waals surface area (Å²) >= 11 is 0. The molecule has 2 atom stereocenters. The summed E-state index contributed by atoms with van der Waals surface area (Å²) in [6.07, 6.45) is 21.8. The smallest absolute Gasteiger partial charge is 0.0262 e. The zero-order valence-electron chi connectivity index (χ0n) is 16.4. The van der Waals surface area contributed by atoms with E-state index in [1.165, 1.54) is 77.0 Å². The van der Waals surface area contributed by atoms with Gasteiger partial charge in [0.25, 0.3) is 0 Å². The molecule has 0 aliphatic carbocycles. The molecule has 0 amide bonds. The number of hydrogen-bond acceptors (Lipinski definition) is 0. The van der Waals surface area contributed by atoms with E-state index in [1.807, 2.05) is 0 Å². The van der Waals surface area contributed by atoms with E-state index in [0.717, 1.165) is 17.8 Å². The maximum atomic E-state index is 2.45. The average molecular weight is 309 g/mol. The SMILES string of the molecule is CC=CC(C)CCCC(C)CCCCCCCCCC(C)C. The molecule has 132 valence electrons. The Morgan fingerprint density at radius 2 is 1.09 bits per heavy atom. The lowest BCUT2D eigenvalue weighted by molar-refractivity contribution is 0.424. The Kier molecular flexibility index (Phi) is 15.4. The van der Waals surface area contributed by atoms with Crippen LogP contribution in [0.2, 0.25) is 0 Å². The molecule has 0 bridgehead atoms. The van der Waals surface area contributed by atoms with Gasteiger partial charge in [0.15, 0.2) is 0 Å². The number of unbranched alkanes of at least 4 members (excludes halogenated alkanes) is 6. The summed E-state index contributed by atoms with van der Waals surface area (Å²) in [7, 11) is 0. The summed E-state index contributed by atoms with van der Waals surface area (Å²) in [5, 5.41) is 0. The Morgan fingerprint density at radius 1 is 0.591 bits per heavy atom. The van der Waals surface area contributed by atoms with Crippen molar-refractivity contribution in [3.63, 3.8) is 0 Å². The highest BCUT2D eigenvalue weighted by molar-refractivity contribution is 4.82. The first-order chi connectivity index (χ1) is 10.6. The van der Waals surface area contributed by atoms with Crippen LogP contribution >= 0.6 is 0 Å². The monoisotopic (exact) mass is 308 g/mol. The Morgan fingerprint density at radius 3 is 1.64 bits per heavy atom. The lowest BCUT2D eigenvalue weighted by Crippen LogP contribution is -1.97. The molecule has 0 aromatic carbocycles. The van der Waals surface area contributed by atoms with Gasteiger partial charge in [0, 0.05) is 0 Å². The molecule has 0 aromatic heterocycles. The topological polar surface area (TPSA) is 0 Å². The van der Waals surface area contributed by atoms with E-state index in [1.54, 1.807) is 0 Å². The van der Waals surface area contributed by atoms with Crippen LogP contribution in [0.25, 0.3) is 0 Å². The summed E-state index contributed by atoms with van der Waals surface area (Å²) in [5.74, 6) is 2.60. The van der Waals surface area contributed by atoms with Crippen LogP contribution in [-0.4, -0.2) is 0 Å². The van der Waals surface area contributed by atoms with E-state index in [4.69, 9.17) is 0 Å². The lowest BCUT2D eigenvalue weighted by Gasteiger charge is -2.12. The molecule has 2 unspecified atom stereocenters. The summed E-state index contributed by atoms with van der Waals surface area (Å²) in [6, 6.07) is 0. The standard InChI is InChI=1S/C22H44/c1-6-15-21(4)18-14-19-22(5)17-13-11-9-7-8-10-12-16-20(2)3/h6,15,20-22H,7-14,16-19H2,1-5H3. The number of rotatable bonds is 15. The van der Waals surface area contributed by atoms with Crippen molar-refractivity contribution in [1.29, 1.82) is 0 Å². The van der Waals surface area contributed by atoms with Crippen LogP contribution in [0.15, 0.2) is 12.2 Å². The largest absolute Gasteiger partial charge is 0.0914 e. The predicted molar refractivity (Wildman–Crippen MR) is 103 cm³/mol. The molecule has 0 fully saturated rings. The second-order valence-corrected chi connectivity index (χ2v) is 7.99. The molecule has 0 saturated heterocycles. The van der Waals surface area contributed by atoms with Gasteiger partial charge in [-0.05, 0) is 31.1 Å². The second kappa shape index (κ2) is 15.6. The summed E-state index contributed by atoms with van der Waals surface area (Å²) < 4.78 is 0. The van der Waals surface area contributed by atoms with E-state index >= 15 is 0 Å². The van der Waals surface area contributed by atoms with E-state index in [2.05, 4.69) is 46.8 Å². The van der Waals surface area contributed by atoms with Crippen molar-refractivity contribution in [1.82, 2.24) is 0 Å². The molecule has 0 N–H and O–H groups in total. The van der Waals surface area contributed by atoms with Gasteiger partial charge in [-0.2, -0.15) is 0 Å². The molecule has 0 aliphatic rings. The van der Waals surface area contributed by atoms with Crippen molar-refractivity contribution in [2.45, 2.75) is 112 Å². The van der Waals surface area contributed by atoms with Crippen molar-refractivity contribution < 1.29 is 0 Å². The molecule has 0 heteroatoms. The van der Waals surface area contributed by atoms with Crippen molar-refractivity contribution in [3.8, 4) is 0 Å². The van der Waals surface area contributed by atoms with Crippen molar-refractivity contribution >= 4 is 0 Å². The minimum Gasteiger partial charge on any atom is -0.0914 e. The van der Waals surface area contributed by atoms with Crippen LogP contribution in [0.4, 0.5) is 0 Å². The van der Waals surface area contributed by atoms with Crippen LogP contribution in [-0.2, 0) is 0 Å². The quantitative estimate of drug-likeness (QED) is 0.211. The van der Waals surface area contributed by atoms with E-state index in [-0.39, 0.29) is 0 Å². The molecule has 0 aliphatic heterocycles. The van der Waals surface area contributed by atoms with Gasteiger partial charge in [-0.25, -0.2) is 0 Å². The summed E-state index contributed by atoms with van der Waals surface area (Å²) in [5.41, 5.74) is 0. The van der Waals surface area contributed by atoms with Gasteiger partial charge in [-0.1, -0.05) is 110 Å². The molecule has 0 heterocycles. The Hall–Kier alpha value is -0.260. The fourth-order valence-electron chi connectivity index (χ4n) is 3.29. The normalized spacial score (nSPS) is 14.8. The molecule has 0 radical (unpaired) electrons. The molecular weight excluding hydrogens is 264 g/mol. The zero-order chi connectivity index (χ0) is 16.6. The van der Waals surface area contributed by atoms with E-state index < -0.39 is 0 Å². The van der Waals surface area contributed by atoms with Gasteiger partial charge in [0.2, 0.25) is 0 Å². The number of hydrogen-bond donors (Lipinski definition) is 0. The van der Waals surface area contributed by atoms with Gasteiger partial charge < -0.3 is 0 Å². The second-order valence-electron chi connectivity index (χ2n) is 7.99. The van der Waals surface area contributed by atoms with E-state index in [0.29, 0.717) is 0 Å². The third-order valence-corrected chi connectivity index (χ3v) is 4.86. The van der Waals surface area contributed by atoms with Gasteiger partial charge in [-0.15, -0.1) is 0 Å². The van der Waals surface area contributed by atoms with Crippen LogP contribution in [0.5, 0.6) is 0 Å². The molecule has 0 nitrogen and oxygen atoms in total. The Labute approximate surface area is 142 Å². The minimum atomic E-state index is 0.771. The first-order valence-corrected chi connectivity index (χ1v) is 10.2. The Balaban J connectivity index is 3.26. The maximum Gasteiger partial charge on any atom is -0.0262 e. The van der Waals surface area contributed by atoms with Crippen LogP contribution in [0, 0.1) is 17.8 Å². The fraction of sp³-hybridized carbons (Fsp3) is 0.909. The molecule has 0 rings (SSSR count). The van der Waals surface area contributed by atoms with Gasteiger partial charge in [0.05, 0.1) is 0 Å². The molecular formula is C22H44. The molecule has 0 spiro atoms. The third kappa shape index (κ3) is 16.1. The van der Waals surface area contributed by atoms with E-state index in [9.17, 15) is 0 Å². The zero-order valence-corrected chi connectivity index (χ0v) is 16.4. The summed E-state index contributed by atoms with van der Waals surface area (Å²) in [4.78, 5) is 0. The summed E-state index contributed by atoms with van der Waals surface area (Å²) in [6.45, 7) is 11.6. The third-order valence-electron chi connectivity index (χ3n) is 4.86. The highest BCUT2D eigenvalue weighted by Gasteiger charge is 2.04. The minimum absolute atomic E-state index is 0.771. The van der Waals surface area contributed by atoms with Crippen molar-refractivity contribution in [2.75, 3.05) is 0 Å². The highest BCUT2D eigenvalue weighted by atomic mass is 14.1. The van der Waals surface area contributed by atoms with Crippen molar-refractivity contribution in [3.05, 3.63) is 12.2 Å². The fourth-order valence-corrected chi connectivity index (χ4v) is 3.29. The maximum absolute atomic E-state index is 2.45. The molecule has 0 saturated carbocycles. The first kappa shape index (κ1) is 21.7. The van der Waals surface area contributed by atoms with Gasteiger partial charge in [0.1, 0.15) is 0 Å². The number of allylic oxidation sites excluding steroid dienone is 2.